The first kappa shape index (κ1) is 20.1. The van der Waals surface area contributed by atoms with Gasteiger partial charge in [-0.25, -0.2) is 9.79 Å². The van der Waals surface area contributed by atoms with Crippen LogP contribution in [0.5, 0.6) is 17.2 Å². The number of hydrogen-bond donors (Lipinski definition) is 1. The van der Waals surface area contributed by atoms with Crippen molar-refractivity contribution in [2.75, 3.05) is 13.9 Å². The summed E-state index contributed by atoms with van der Waals surface area (Å²) < 4.78 is 17.9. The van der Waals surface area contributed by atoms with Gasteiger partial charge in [0.05, 0.1) is 29.0 Å². The number of phenolic OH excluding ortho intramolecular Hbond substituents is 1. The summed E-state index contributed by atoms with van der Waals surface area (Å²) in [4.78, 5) is 31.2. The number of benzene rings is 2. The van der Waals surface area contributed by atoms with E-state index in [1.807, 2.05) is 0 Å². The average molecular weight is 450 g/mol. The summed E-state index contributed by atoms with van der Waals surface area (Å²) in [6.45, 7) is 1.84. The molecule has 32 heavy (non-hydrogen) atoms. The number of carbonyl (C=O) groups excluding carboxylic acids is 1. The lowest BCUT2D eigenvalue weighted by Crippen LogP contribution is -2.39. The molecule has 162 valence electrons. The summed E-state index contributed by atoms with van der Waals surface area (Å²) in [5.74, 6) is 0.743. The van der Waals surface area contributed by atoms with Gasteiger partial charge in [0.1, 0.15) is 5.75 Å². The van der Waals surface area contributed by atoms with E-state index in [4.69, 9.17) is 14.2 Å². The second-order valence-electron chi connectivity index (χ2n) is 7.28. The van der Waals surface area contributed by atoms with Crippen molar-refractivity contribution >= 4 is 23.4 Å². The summed E-state index contributed by atoms with van der Waals surface area (Å²) in [6.07, 6.45) is 1.73. The summed E-state index contributed by atoms with van der Waals surface area (Å²) in [6, 6.07) is 11.1. The highest BCUT2D eigenvalue weighted by Crippen LogP contribution is 2.38. The third-order valence-electron chi connectivity index (χ3n) is 5.33. The van der Waals surface area contributed by atoms with Gasteiger partial charge in [0, 0.05) is 0 Å². The van der Waals surface area contributed by atoms with E-state index in [9.17, 15) is 14.7 Å². The fourth-order valence-electron chi connectivity index (χ4n) is 3.81. The molecule has 2 aliphatic rings. The second kappa shape index (κ2) is 7.69. The van der Waals surface area contributed by atoms with Gasteiger partial charge in [0.15, 0.2) is 16.3 Å². The first-order valence-electron chi connectivity index (χ1n) is 9.75. The standard InChI is InChI=1S/C23H18N2O6S/c1-12-19(22(28)29-2)20(14-5-8-16-17(10-14)31-11-30-16)25-21(27)18(32-23(25)24-12)9-13-3-6-15(26)7-4-13/h3-10,20,26H,11H2,1-2H3/b18-9+. The molecule has 1 unspecified atom stereocenters. The molecule has 0 saturated heterocycles. The maximum atomic E-state index is 13.5. The normalized spacial score (nSPS) is 17.2. The van der Waals surface area contributed by atoms with E-state index < -0.39 is 12.0 Å². The largest absolute Gasteiger partial charge is 0.508 e. The molecule has 2 aromatic carbocycles. The van der Waals surface area contributed by atoms with Crippen LogP contribution in [0.1, 0.15) is 24.1 Å². The smallest absolute Gasteiger partial charge is 0.338 e. The molecule has 1 aromatic heterocycles. The first-order valence-corrected chi connectivity index (χ1v) is 10.6. The molecule has 2 aliphatic heterocycles. The molecular formula is C23H18N2O6S. The van der Waals surface area contributed by atoms with Gasteiger partial charge in [0.2, 0.25) is 6.79 Å². The monoisotopic (exact) mass is 450 g/mol. The quantitative estimate of drug-likeness (QED) is 0.612. The Balaban J connectivity index is 1.73. The molecule has 0 spiro atoms. The average Bonchev–Trinajstić information content (AvgIpc) is 3.37. The van der Waals surface area contributed by atoms with Crippen molar-refractivity contribution in [2.24, 2.45) is 4.99 Å². The van der Waals surface area contributed by atoms with Crippen LogP contribution < -0.4 is 24.4 Å². The van der Waals surface area contributed by atoms with Crippen molar-refractivity contribution in [3.8, 4) is 17.2 Å². The number of hydrogen-bond acceptors (Lipinski definition) is 8. The van der Waals surface area contributed by atoms with Gasteiger partial charge >= 0.3 is 5.97 Å². The number of allylic oxidation sites excluding steroid dienone is 1. The molecule has 3 heterocycles. The molecule has 3 aromatic rings. The highest BCUT2D eigenvalue weighted by Gasteiger charge is 2.34. The minimum atomic E-state index is -0.727. The van der Waals surface area contributed by atoms with Gasteiger partial charge < -0.3 is 19.3 Å². The highest BCUT2D eigenvalue weighted by molar-refractivity contribution is 7.07. The molecule has 1 N–H and O–H groups in total. The van der Waals surface area contributed by atoms with E-state index in [1.54, 1.807) is 55.5 Å². The molecule has 0 fully saturated rings. The Morgan fingerprint density at radius 3 is 2.72 bits per heavy atom. The highest BCUT2D eigenvalue weighted by atomic mass is 32.1. The number of esters is 1. The van der Waals surface area contributed by atoms with Crippen LogP contribution in [0.3, 0.4) is 0 Å². The van der Waals surface area contributed by atoms with Crippen LogP contribution in [-0.4, -0.2) is 29.5 Å². The van der Waals surface area contributed by atoms with Gasteiger partial charge in [-0.1, -0.05) is 29.5 Å². The molecule has 0 bridgehead atoms. The van der Waals surface area contributed by atoms with Crippen molar-refractivity contribution in [3.63, 3.8) is 0 Å². The second-order valence-corrected chi connectivity index (χ2v) is 8.29. The zero-order valence-electron chi connectivity index (χ0n) is 17.2. The Morgan fingerprint density at radius 2 is 1.97 bits per heavy atom. The number of aromatic hydroxyl groups is 1. The molecule has 0 saturated carbocycles. The molecule has 8 nitrogen and oxygen atoms in total. The fourth-order valence-corrected chi connectivity index (χ4v) is 4.86. The van der Waals surface area contributed by atoms with Crippen LogP contribution in [0.25, 0.3) is 6.08 Å². The van der Waals surface area contributed by atoms with Gasteiger partial charge in [-0.3, -0.25) is 9.36 Å². The van der Waals surface area contributed by atoms with Gasteiger partial charge in [-0.05, 0) is 48.4 Å². The lowest BCUT2D eigenvalue weighted by atomic mass is 9.95. The van der Waals surface area contributed by atoms with Crippen LogP contribution in [0, 0.1) is 0 Å². The number of nitrogens with zero attached hydrogens (tertiary/aromatic N) is 2. The number of thiazole rings is 1. The zero-order valence-corrected chi connectivity index (χ0v) is 18.0. The van der Waals surface area contributed by atoms with Crippen molar-refractivity contribution in [3.05, 3.63) is 84.5 Å². The molecule has 0 amide bonds. The van der Waals surface area contributed by atoms with Crippen LogP contribution in [-0.2, 0) is 9.53 Å². The lowest BCUT2D eigenvalue weighted by Gasteiger charge is -2.24. The van der Waals surface area contributed by atoms with Gasteiger partial charge in [-0.2, -0.15) is 0 Å². The number of rotatable bonds is 3. The summed E-state index contributed by atoms with van der Waals surface area (Å²) in [7, 11) is 1.30. The van der Waals surface area contributed by atoms with E-state index in [1.165, 1.54) is 23.0 Å². The first-order chi connectivity index (χ1) is 15.5. The number of carbonyl (C=O) groups is 1. The predicted molar refractivity (Wildman–Crippen MR) is 116 cm³/mol. The van der Waals surface area contributed by atoms with E-state index in [0.29, 0.717) is 32.1 Å². The van der Waals surface area contributed by atoms with Crippen molar-refractivity contribution in [2.45, 2.75) is 13.0 Å². The van der Waals surface area contributed by atoms with Crippen LogP contribution >= 0.6 is 11.3 Å². The lowest BCUT2D eigenvalue weighted by molar-refractivity contribution is -0.136. The summed E-state index contributed by atoms with van der Waals surface area (Å²) >= 11 is 1.23. The summed E-state index contributed by atoms with van der Waals surface area (Å²) in [5.41, 5.74) is 1.93. The minimum Gasteiger partial charge on any atom is -0.508 e. The number of fused-ring (bicyclic) bond motifs is 2. The number of methoxy groups -OCH3 is 1. The molecule has 0 aliphatic carbocycles. The SMILES string of the molecule is COC(=O)C1=C(C)N=c2s/c(=C/c3ccc(O)cc3)c(=O)n2C1c1ccc2c(c1)OCO2. The van der Waals surface area contributed by atoms with Crippen LogP contribution in [0.2, 0.25) is 0 Å². The maximum absolute atomic E-state index is 13.5. The Morgan fingerprint density at radius 1 is 1.22 bits per heavy atom. The Bertz CT molecular complexity index is 1450. The van der Waals surface area contributed by atoms with E-state index in [2.05, 4.69) is 4.99 Å². The van der Waals surface area contributed by atoms with E-state index in [-0.39, 0.29) is 23.7 Å². The van der Waals surface area contributed by atoms with Crippen LogP contribution in [0.4, 0.5) is 0 Å². The Kier molecular flexibility index (Phi) is 4.82. The number of aromatic nitrogens is 1. The molecular weight excluding hydrogens is 432 g/mol. The van der Waals surface area contributed by atoms with E-state index in [0.717, 1.165) is 5.56 Å². The van der Waals surface area contributed by atoms with Crippen LogP contribution in [0.15, 0.2) is 63.5 Å². The molecule has 0 radical (unpaired) electrons. The summed E-state index contributed by atoms with van der Waals surface area (Å²) in [5, 5.41) is 9.51. The van der Waals surface area contributed by atoms with Gasteiger partial charge in [-0.15, -0.1) is 0 Å². The Labute approximate surface area is 185 Å². The minimum absolute atomic E-state index is 0.118. The van der Waals surface area contributed by atoms with Crippen molar-refractivity contribution < 1.29 is 24.1 Å². The van der Waals surface area contributed by atoms with Crippen molar-refractivity contribution in [1.82, 2.24) is 4.57 Å². The van der Waals surface area contributed by atoms with Gasteiger partial charge in [0.25, 0.3) is 5.56 Å². The van der Waals surface area contributed by atoms with E-state index >= 15 is 0 Å². The predicted octanol–water partition coefficient (Wildman–Crippen LogP) is 1.84. The topological polar surface area (TPSA) is 99.4 Å². The maximum Gasteiger partial charge on any atom is 0.338 e. The number of phenols is 1. The third kappa shape index (κ3) is 3.27. The molecule has 1 atom stereocenters. The fraction of sp³-hybridized carbons (Fsp3) is 0.174. The number of ether oxygens (including phenoxy) is 3. The van der Waals surface area contributed by atoms with Crippen molar-refractivity contribution in [1.29, 1.82) is 0 Å². The zero-order chi connectivity index (χ0) is 22.4. The third-order valence-corrected chi connectivity index (χ3v) is 6.31. The molecule has 5 rings (SSSR count). The Hall–Kier alpha value is -3.85. The molecule has 9 heteroatoms.